The summed E-state index contributed by atoms with van der Waals surface area (Å²) in [5.41, 5.74) is 1.00. The topological polar surface area (TPSA) is 120 Å². The van der Waals surface area contributed by atoms with E-state index < -0.39 is 54.1 Å². The molecular formula is C23H20F3N3O6. The molecule has 0 aliphatic heterocycles. The van der Waals surface area contributed by atoms with Gasteiger partial charge in [0, 0.05) is 0 Å². The van der Waals surface area contributed by atoms with Crippen molar-refractivity contribution in [3.05, 3.63) is 76.4 Å². The number of nitrogens with one attached hydrogen (secondary N) is 2. The summed E-state index contributed by atoms with van der Waals surface area (Å²) in [6, 6.07) is 7.58. The van der Waals surface area contributed by atoms with E-state index in [2.05, 4.69) is 10.5 Å². The first-order valence-corrected chi connectivity index (χ1v) is 10.2. The lowest BCUT2D eigenvalue weighted by molar-refractivity contribution is -0.126. The maximum Gasteiger partial charge on any atom is 0.338 e. The third kappa shape index (κ3) is 6.59. The minimum Gasteiger partial charge on any atom is -0.489 e. The minimum absolute atomic E-state index is 0.126. The molecule has 0 bridgehead atoms. The molecule has 0 unspecified atom stereocenters. The van der Waals surface area contributed by atoms with E-state index in [0.29, 0.717) is 23.3 Å². The van der Waals surface area contributed by atoms with Crippen molar-refractivity contribution in [3.63, 3.8) is 0 Å². The third-order valence-corrected chi connectivity index (χ3v) is 4.72. The van der Waals surface area contributed by atoms with Gasteiger partial charge in [-0.25, -0.2) is 18.0 Å². The van der Waals surface area contributed by atoms with Crippen LogP contribution in [0.5, 0.6) is 5.75 Å². The number of hydrogen-bond donors (Lipinski definition) is 2. The molecule has 0 saturated heterocycles. The van der Waals surface area contributed by atoms with Gasteiger partial charge in [-0.05, 0) is 44.2 Å². The van der Waals surface area contributed by atoms with Gasteiger partial charge in [-0.15, -0.1) is 0 Å². The molecule has 1 aromatic heterocycles. The summed E-state index contributed by atoms with van der Waals surface area (Å²) in [7, 11) is 0. The van der Waals surface area contributed by atoms with Crippen LogP contribution in [-0.4, -0.2) is 36.1 Å². The molecule has 2 amide bonds. The normalized spacial score (nSPS) is 10.5. The van der Waals surface area contributed by atoms with Gasteiger partial charge in [-0.1, -0.05) is 11.2 Å². The highest BCUT2D eigenvalue weighted by Crippen LogP contribution is 2.20. The Labute approximate surface area is 197 Å². The van der Waals surface area contributed by atoms with E-state index in [1.807, 2.05) is 5.32 Å². The number of hydrogen-bond acceptors (Lipinski definition) is 7. The molecule has 0 aliphatic carbocycles. The molecule has 2 aromatic carbocycles. The number of esters is 1. The van der Waals surface area contributed by atoms with Gasteiger partial charge in [0.1, 0.15) is 18.1 Å². The molecule has 12 heteroatoms. The standard InChI is InChI=1S/C23H20F3N3O6/c1-12-16(13(2)35-29-12)10-33-15-5-3-4-14(8-15)23(32)34-11-20(31)27-9-19(30)28-18-7-6-17(24)21(25)22(18)26/h3-8H,9-11H2,1-2H3,(H,27,31)(H,28,30). The SMILES string of the molecule is Cc1noc(C)c1COc1cccc(C(=O)OCC(=O)NCC(=O)Nc2ccc(F)c(F)c2F)c1. The van der Waals surface area contributed by atoms with Crippen molar-refractivity contribution in [1.29, 1.82) is 0 Å². The molecule has 0 saturated carbocycles. The van der Waals surface area contributed by atoms with Gasteiger partial charge in [-0.3, -0.25) is 9.59 Å². The first kappa shape index (κ1) is 25.3. The quantitative estimate of drug-likeness (QED) is 0.348. The highest BCUT2D eigenvalue weighted by molar-refractivity contribution is 5.95. The van der Waals surface area contributed by atoms with Gasteiger partial charge in [0.2, 0.25) is 5.91 Å². The smallest absolute Gasteiger partial charge is 0.338 e. The van der Waals surface area contributed by atoms with Crippen LogP contribution in [0.3, 0.4) is 0 Å². The van der Waals surface area contributed by atoms with E-state index in [1.165, 1.54) is 12.1 Å². The zero-order valence-electron chi connectivity index (χ0n) is 18.6. The molecule has 0 fully saturated rings. The Morgan fingerprint density at radius 1 is 1.03 bits per heavy atom. The Morgan fingerprint density at radius 2 is 1.80 bits per heavy atom. The number of rotatable bonds is 9. The maximum absolute atomic E-state index is 13.6. The molecule has 1 heterocycles. The van der Waals surface area contributed by atoms with E-state index in [9.17, 15) is 27.6 Å². The monoisotopic (exact) mass is 491 g/mol. The van der Waals surface area contributed by atoms with E-state index >= 15 is 0 Å². The van der Waals surface area contributed by atoms with Gasteiger partial charge < -0.3 is 24.6 Å². The minimum atomic E-state index is -1.74. The molecule has 0 aliphatic rings. The van der Waals surface area contributed by atoms with Crippen LogP contribution in [0, 0.1) is 31.3 Å². The molecule has 3 aromatic rings. The van der Waals surface area contributed by atoms with Crippen molar-refractivity contribution in [2.75, 3.05) is 18.5 Å². The van der Waals surface area contributed by atoms with E-state index in [1.54, 1.807) is 26.0 Å². The van der Waals surface area contributed by atoms with Gasteiger partial charge in [0.15, 0.2) is 24.1 Å². The number of carbonyl (C=O) groups is 3. The number of anilines is 1. The summed E-state index contributed by atoms with van der Waals surface area (Å²) >= 11 is 0. The van der Waals surface area contributed by atoms with Gasteiger partial charge in [-0.2, -0.15) is 0 Å². The highest BCUT2D eigenvalue weighted by atomic mass is 19.2. The van der Waals surface area contributed by atoms with Gasteiger partial charge >= 0.3 is 5.97 Å². The lowest BCUT2D eigenvalue weighted by atomic mass is 10.2. The maximum atomic E-state index is 13.6. The Hall–Kier alpha value is -4.35. The first-order valence-electron chi connectivity index (χ1n) is 10.2. The molecule has 9 nitrogen and oxygen atoms in total. The summed E-state index contributed by atoms with van der Waals surface area (Å²) in [6.07, 6.45) is 0. The molecule has 0 atom stereocenters. The molecule has 0 spiro atoms. The van der Waals surface area contributed by atoms with Gasteiger partial charge in [0.05, 0.1) is 29.1 Å². The second kappa shape index (κ2) is 11.2. The van der Waals surface area contributed by atoms with Crippen LogP contribution in [0.4, 0.5) is 18.9 Å². The van der Waals surface area contributed by atoms with Crippen LogP contribution in [0.25, 0.3) is 0 Å². The van der Waals surface area contributed by atoms with Crippen molar-refractivity contribution in [2.45, 2.75) is 20.5 Å². The van der Waals surface area contributed by atoms with Gasteiger partial charge in [0.25, 0.3) is 5.91 Å². The average Bonchev–Trinajstić information content (AvgIpc) is 3.17. The average molecular weight is 491 g/mol. The number of benzene rings is 2. The van der Waals surface area contributed by atoms with E-state index in [4.69, 9.17) is 14.0 Å². The molecule has 0 radical (unpaired) electrons. The number of aromatic nitrogens is 1. The molecule has 2 N–H and O–H groups in total. The Morgan fingerprint density at radius 3 is 2.51 bits per heavy atom. The van der Waals surface area contributed by atoms with E-state index in [0.717, 1.165) is 11.6 Å². The van der Waals surface area contributed by atoms with Crippen LogP contribution in [0.15, 0.2) is 40.9 Å². The summed E-state index contributed by atoms with van der Waals surface area (Å²) in [5.74, 6) is -6.25. The third-order valence-electron chi connectivity index (χ3n) is 4.72. The molecule has 35 heavy (non-hydrogen) atoms. The predicted octanol–water partition coefficient (Wildman–Crippen LogP) is 3.20. The number of ether oxygens (including phenoxy) is 2. The van der Waals surface area contributed by atoms with Crippen LogP contribution in [-0.2, 0) is 20.9 Å². The number of aryl methyl sites for hydroxylation is 2. The molecule has 184 valence electrons. The Bertz CT molecular complexity index is 1240. The summed E-state index contributed by atoms with van der Waals surface area (Å²) < 4.78 is 55.4. The number of halogens is 3. The second-order valence-corrected chi connectivity index (χ2v) is 7.24. The fourth-order valence-corrected chi connectivity index (χ4v) is 2.84. The number of amides is 2. The zero-order chi connectivity index (χ0) is 25.5. The highest BCUT2D eigenvalue weighted by Gasteiger charge is 2.17. The first-order chi connectivity index (χ1) is 16.7. The Kier molecular flexibility index (Phi) is 8.08. The number of nitrogens with zero attached hydrogens (tertiary/aromatic N) is 1. The van der Waals surface area contributed by atoms with Crippen molar-refractivity contribution in [2.24, 2.45) is 0 Å². The van der Waals surface area contributed by atoms with Crippen LogP contribution < -0.4 is 15.4 Å². The largest absolute Gasteiger partial charge is 0.489 e. The second-order valence-electron chi connectivity index (χ2n) is 7.24. The van der Waals surface area contributed by atoms with E-state index in [-0.39, 0.29) is 12.2 Å². The summed E-state index contributed by atoms with van der Waals surface area (Å²) in [6.45, 7) is 2.38. The lowest BCUT2D eigenvalue weighted by Crippen LogP contribution is -2.35. The zero-order valence-corrected chi connectivity index (χ0v) is 18.6. The fourth-order valence-electron chi connectivity index (χ4n) is 2.84. The van der Waals surface area contributed by atoms with Crippen LogP contribution in [0.1, 0.15) is 27.4 Å². The molecule has 3 rings (SSSR count). The molecular weight excluding hydrogens is 471 g/mol. The predicted molar refractivity (Wildman–Crippen MR) is 115 cm³/mol. The summed E-state index contributed by atoms with van der Waals surface area (Å²) in [4.78, 5) is 35.9. The number of carbonyl (C=O) groups excluding carboxylic acids is 3. The summed E-state index contributed by atoms with van der Waals surface area (Å²) in [5, 5.41) is 7.98. The van der Waals surface area contributed by atoms with Crippen LogP contribution >= 0.6 is 0 Å². The Balaban J connectivity index is 1.45. The van der Waals surface area contributed by atoms with Crippen molar-refractivity contribution < 1.29 is 41.6 Å². The lowest BCUT2D eigenvalue weighted by Gasteiger charge is -2.10. The van der Waals surface area contributed by atoms with Crippen molar-refractivity contribution in [1.82, 2.24) is 10.5 Å². The van der Waals surface area contributed by atoms with Crippen LogP contribution in [0.2, 0.25) is 0 Å². The fraction of sp³-hybridized carbons (Fsp3) is 0.217. The van der Waals surface area contributed by atoms with Crippen molar-refractivity contribution >= 4 is 23.5 Å². The van der Waals surface area contributed by atoms with Crippen molar-refractivity contribution in [3.8, 4) is 5.75 Å².